The molecule has 2 aromatic carbocycles. The Morgan fingerprint density at radius 1 is 0.955 bits per heavy atom. The van der Waals surface area contributed by atoms with Crippen LogP contribution in [0.1, 0.15) is 11.1 Å². The molecule has 0 radical (unpaired) electrons. The molecular weight excluding hydrogens is 296 g/mol. The summed E-state index contributed by atoms with van der Waals surface area (Å²) in [6.07, 6.45) is 1.22. The lowest BCUT2D eigenvalue weighted by atomic mass is 10.1. The van der Waals surface area contributed by atoms with Gasteiger partial charge in [-0.05, 0) is 29.7 Å². The van der Waals surface area contributed by atoms with Gasteiger partial charge in [0.1, 0.15) is 0 Å². The lowest BCUT2D eigenvalue weighted by Crippen LogP contribution is -2.37. The number of hydrogen-bond acceptors (Lipinski definition) is 2. The summed E-state index contributed by atoms with van der Waals surface area (Å²) in [7, 11) is 0. The zero-order valence-electron chi connectivity index (χ0n) is 12.5. The van der Waals surface area contributed by atoms with E-state index in [-0.39, 0.29) is 5.91 Å². The fourth-order valence-corrected chi connectivity index (χ4v) is 2.44. The molecule has 0 spiro atoms. The summed E-state index contributed by atoms with van der Waals surface area (Å²) in [6.45, 7) is 1.74. The van der Waals surface area contributed by atoms with E-state index in [1.54, 1.807) is 12.1 Å². The number of carbonyl (C=O) groups is 1. The Kier molecular flexibility index (Phi) is 6.44. The third-order valence-corrected chi connectivity index (χ3v) is 3.79. The van der Waals surface area contributed by atoms with Gasteiger partial charge in [-0.1, -0.05) is 54.1 Å². The van der Waals surface area contributed by atoms with E-state index in [4.69, 9.17) is 17.3 Å². The molecule has 2 aromatic rings. The van der Waals surface area contributed by atoms with Crippen molar-refractivity contribution in [3.63, 3.8) is 0 Å². The van der Waals surface area contributed by atoms with Gasteiger partial charge in [-0.25, -0.2) is 0 Å². The van der Waals surface area contributed by atoms with E-state index in [0.717, 1.165) is 12.0 Å². The second-order valence-corrected chi connectivity index (χ2v) is 5.64. The van der Waals surface area contributed by atoms with Crippen LogP contribution in [0.4, 0.5) is 0 Å². The van der Waals surface area contributed by atoms with E-state index in [2.05, 4.69) is 12.1 Å². The van der Waals surface area contributed by atoms with Crippen molar-refractivity contribution in [2.45, 2.75) is 12.8 Å². The van der Waals surface area contributed by atoms with Crippen molar-refractivity contribution < 1.29 is 4.79 Å². The first-order valence-corrected chi connectivity index (χ1v) is 7.83. The molecule has 0 unspecified atom stereocenters. The van der Waals surface area contributed by atoms with E-state index in [1.165, 1.54) is 5.56 Å². The molecule has 0 saturated carbocycles. The molecule has 22 heavy (non-hydrogen) atoms. The van der Waals surface area contributed by atoms with Gasteiger partial charge >= 0.3 is 0 Å². The predicted octanol–water partition coefficient (Wildman–Crippen LogP) is 2.91. The van der Waals surface area contributed by atoms with E-state index < -0.39 is 0 Å². The molecule has 0 aliphatic heterocycles. The van der Waals surface area contributed by atoms with Crippen LogP contribution in [0.5, 0.6) is 0 Å². The third-order valence-electron chi connectivity index (χ3n) is 3.53. The number of hydrogen-bond donors (Lipinski definition) is 1. The van der Waals surface area contributed by atoms with Crippen LogP contribution in [-0.4, -0.2) is 30.4 Å². The summed E-state index contributed by atoms with van der Waals surface area (Å²) in [6, 6.07) is 17.6. The molecule has 3 nitrogen and oxygen atoms in total. The summed E-state index contributed by atoms with van der Waals surface area (Å²) in [4.78, 5) is 14.3. The minimum atomic E-state index is 0.101. The van der Waals surface area contributed by atoms with Gasteiger partial charge in [0.25, 0.3) is 0 Å². The smallest absolute Gasteiger partial charge is 0.227 e. The van der Waals surface area contributed by atoms with E-state index in [9.17, 15) is 4.79 Å². The summed E-state index contributed by atoms with van der Waals surface area (Å²) in [5.74, 6) is 0.101. The molecule has 0 atom stereocenters. The van der Waals surface area contributed by atoms with Crippen molar-refractivity contribution >= 4 is 17.5 Å². The largest absolute Gasteiger partial charge is 0.341 e. The first-order valence-electron chi connectivity index (χ1n) is 7.45. The third kappa shape index (κ3) is 5.17. The Bertz CT molecular complexity index is 584. The maximum atomic E-state index is 12.4. The maximum Gasteiger partial charge on any atom is 0.227 e. The number of carbonyl (C=O) groups excluding carboxylic acids is 1. The van der Waals surface area contributed by atoms with Crippen molar-refractivity contribution in [3.8, 4) is 0 Å². The zero-order chi connectivity index (χ0) is 15.8. The number of halogens is 1. The SMILES string of the molecule is NCCN(CCc1ccccc1)C(=O)Cc1ccc(Cl)cc1. The van der Waals surface area contributed by atoms with Crippen molar-refractivity contribution in [3.05, 3.63) is 70.7 Å². The molecule has 1 amide bonds. The van der Waals surface area contributed by atoms with Crippen LogP contribution in [0.3, 0.4) is 0 Å². The first-order chi connectivity index (χ1) is 10.7. The highest BCUT2D eigenvalue weighted by atomic mass is 35.5. The average Bonchev–Trinajstić information content (AvgIpc) is 2.54. The van der Waals surface area contributed by atoms with Crippen molar-refractivity contribution in [2.75, 3.05) is 19.6 Å². The minimum absolute atomic E-state index is 0.101. The van der Waals surface area contributed by atoms with Gasteiger partial charge in [-0.2, -0.15) is 0 Å². The molecule has 0 aromatic heterocycles. The number of nitrogens with zero attached hydrogens (tertiary/aromatic N) is 1. The second kappa shape index (κ2) is 8.57. The van der Waals surface area contributed by atoms with Gasteiger partial charge in [-0.15, -0.1) is 0 Å². The van der Waals surface area contributed by atoms with Gasteiger partial charge in [-0.3, -0.25) is 4.79 Å². The van der Waals surface area contributed by atoms with Gasteiger partial charge < -0.3 is 10.6 Å². The van der Waals surface area contributed by atoms with E-state index in [0.29, 0.717) is 31.1 Å². The van der Waals surface area contributed by atoms with E-state index >= 15 is 0 Å². The van der Waals surface area contributed by atoms with Gasteiger partial charge in [0.15, 0.2) is 0 Å². The van der Waals surface area contributed by atoms with E-state index in [1.807, 2.05) is 35.2 Å². The number of nitrogens with two attached hydrogens (primary N) is 1. The van der Waals surface area contributed by atoms with Gasteiger partial charge in [0.05, 0.1) is 6.42 Å². The molecule has 2 N–H and O–H groups in total. The Morgan fingerprint density at radius 3 is 2.27 bits per heavy atom. The van der Waals surface area contributed by atoms with Crippen LogP contribution < -0.4 is 5.73 Å². The standard InChI is InChI=1S/C18H21ClN2O/c19-17-8-6-16(7-9-17)14-18(22)21(13-11-20)12-10-15-4-2-1-3-5-15/h1-9H,10-14,20H2. The monoisotopic (exact) mass is 316 g/mol. The Balaban J connectivity index is 1.94. The Hall–Kier alpha value is -1.84. The molecule has 4 heteroatoms. The molecule has 0 bridgehead atoms. The van der Waals surface area contributed by atoms with Crippen LogP contribution in [-0.2, 0) is 17.6 Å². The topological polar surface area (TPSA) is 46.3 Å². The Labute approximate surface area is 136 Å². The number of benzene rings is 2. The molecule has 116 valence electrons. The normalized spacial score (nSPS) is 10.5. The van der Waals surface area contributed by atoms with Crippen molar-refractivity contribution in [2.24, 2.45) is 5.73 Å². The van der Waals surface area contributed by atoms with Crippen molar-refractivity contribution in [1.82, 2.24) is 4.90 Å². The number of amides is 1. The molecule has 0 aliphatic carbocycles. The maximum absolute atomic E-state index is 12.4. The summed E-state index contributed by atoms with van der Waals surface area (Å²) >= 11 is 5.87. The zero-order valence-corrected chi connectivity index (χ0v) is 13.3. The average molecular weight is 317 g/mol. The van der Waals surface area contributed by atoms with Crippen LogP contribution in [0.2, 0.25) is 5.02 Å². The molecule has 2 rings (SSSR count). The highest BCUT2D eigenvalue weighted by Gasteiger charge is 2.13. The quantitative estimate of drug-likeness (QED) is 0.853. The van der Waals surface area contributed by atoms with Crippen LogP contribution in [0.25, 0.3) is 0 Å². The highest BCUT2D eigenvalue weighted by Crippen LogP contribution is 2.11. The molecule has 0 heterocycles. The minimum Gasteiger partial charge on any atom is -0.341 e. The molecule has 0 fully saturated rings. The van der Waals surface area contributed by atoms with Crippen molar-refractivity contribution in [1.29, 1.82) is 0 Å². The summed E-state index contributed by atoms with van der Waals surface area (Å²) in [5, 5.41) is 0.680. The summed E-state index contributed by atoms with van der Waals surface area (Å²) < 4.78 is 0. The van der Waals surface area contributed by atoms with Crippen LogP contribution in [0.15, 0.2) is 54.6 Å². The van der Waals surface area contributed by atoms with Gasteiger partial charge in [0.2, 0.25) is 5.91 Å². The molecule has 0 aliphatic rings. The fourth-order valence-electron chi connectivity index (χ4n) is 2.31. The molecular formula is C18H21ClN2O. The first kappa shape index (κ1) is 16.5. The number of rotatable bonds is 7. The highest BCUT2D eigenvalue weighted by molar-refractivity contribution is 6.30. The van der Waals surface area contributed by atoms with Crippen LogP contribution >= 0.6 is 11.6 Å². The summed E-state index contributed by atoms with van der Waals surface area (Å²) in [5.41, 5.74) is 7.83. The second-order valence-electron chi connectivity index (χ2n) is 5.21. The van der Waals surface area contributed by atoms with Crippen LogP contribution in [0, 0.1) is 0 Å². The fraction of sp³-hybridized carbons (Fsp3) is 0.278. The van der Waals surface area contributed by atoms with Gasteiger partial charge in [0, 0.05) is 24.7 Å². The predicted molar refractivity (Wildman–Crippen MR) is 90.9 cm³/mol. The lowest BCUT2D eigenvalue weighted by molar-refractivity contribution is -0.130. The lowest BCUT2D eigenvalue weighted by Gasteiger charge is -2.22. The molecule has 0 saturated heterocycles. The Morgan fingerprint density at radius 2 is 1.64 bits per heavy atom.